The molecule has 1 heterocycles. The van der Waals surface area contributed by atoms with Crippen LogP contribution in [0.15, 0.2) is 12.4 Å². The van der Waals surface area contributed by atoms with E-state index in [0.29, 0.717) is 0 Å². The summed E-state index contributed by atoms with van der Waals surface area (Å²) in [5, 5.41) is 12.5. The number of hydrogen-bond donors (Lipinski definition) is 1. The van der Waals surface area contributed by atoms with Crippen LogP contribution in [0.4, 0.5) is 0 Å². The van der Waals surface area contributed by atoms with Crippen molar-refractivity contribution in [2.75, 3.05) is 0 Å². The third-order valence-corrected chi connectivity index (χ3v) is 0.944. The number of hydrogen-bond acceptors (Lipinski definition) is 2. The second kappa shape index (κ2) is 4.85. The number of nitrogens with zero attached hydrogens (tertiary/aromatic N) is 2. The molecule has 0 saturated carbocycles. The number of aromatic hydroxyl groups is 1. The highest BCUT2D eigenvalue weighted by Gasteiger charge is 1.88. The molecule has 3 nitrogen and oxygen atoms in total. The van der Waals surface area contributed by atoms with E-state index in [4.69, 9.17) is 5.11 Å². The Morgan fingerprint density at radius 2 is 2.20 bits per heavy atom. The van der Waals surface area contributed by atoms with Gasteiger partial charge in [0.05, 0.1) is 12.4 Å². The molecule has 0 fully saturated rings. The minimum atomic E-state index is 0.229. The first-order valence-electron chi connectivity index (χ1n) is 3.54. The van der Waals surface area contributed by atoms with Crippen LogP contribution < -0.4 is 0 Å². The molecule has 0 amide bonds. The van der Waals surface area contributed by atoms with Crippen molar-refractivity contribution in [1.82, 2.24) is 9.78 Å². The molecule has 0 aliphatic heterocycles. The standard InChI is InChI=1S/C5H8N2O.C2H6/c1-2-7-4-5(8)3-6-7;1-2/h3-4,8H,2H2,1H3;1-2H3. The van der Waals surface area contributed by atoms with Crippen molar-refractivity contribution in [3.05, 3.63) is 12.4 Å². The quantitative estimate of drug-likeness (QED) is 0.647. The molecular weight excluding hydrogens is 128 g/mol. The molecule has 10 heavy (non-hydrogen) atoms. The minimum Gasteiger partial charge on any atom is -0.505 e. The Hall–Kier alpha value is -0.990. The Balaban J connectivity index is 0.000000371. The summed E-state index contributed by atoms with van der Waals surface area (Å²) in [6, 6.07) is 0. The molecule has 3 heteroatoms. The fraction of sp³-hybridized carbons (Fsp3) is 0.571. The van der Waals surface area contributed by atoms with Gasteiger partial charge >= 0.3 is 0 Å². The van der Waals surface area contributed by atoms with E-state index in [1.54, 1.807) is 10.9 Å². The maximum absolute atomic E-state index is 8.70. The van der Waals surface area contributed by atoms with Crippen LogP contribution in [-0.4, -0.2) is 14.9 Å². The van der Waals surface area contributed by atoms with Gasteiger partial charge in [0, 0.05) is 6.54 Å². The first-order valence-corrected chi connectivity index (χ1v) is 3.54. The van der Waals surface area contributed by atoms with Gasteiger partial charge in [-0.05, 0) is 6.92 Å². The Morgan fingerprint density at radius 1 is 1.60 bits per heavy atom. The summed E-state index contributed by atoms with van der Waals surface area (Å²) in [7, 11) is 0. The molecule has 0 atom stereocenters. The van der Waals surface area contributed by atoms with Crippen LogP contribution in [-0.2, 0) is 6.54 Å². The van der Waals surface area contributed by atoms with Crippen LogP contribution in [0, 0.1) is 0 Å². The Labute approximate surface area is 61.3 Å². The third-order valence-electron chi connectivity index (χ3n) is 0.944. The van der Waals surface area contributed by atoms with Gasteiger partial charge in [-0.25, -0.2) is 0 Å². The Kier molecular flexibility index (Phi) is 4.37. The van der Waals surface area contributed by atoms with E-state index in [1.165, 1.54) is 6.20 Å². The molecule has 1 rings (SSSR count). The maximum atomic E-state index is 8.70. The molecule has 1 N–H and O–H groups in total. The van der Waals surface area contributed by atoms with Gasteiger partial charge in [-0.3, -0.25) is 4.68 Å². The van der Waals surface area contributed by atoms with Gasteiger partial charge in [0.15, 0.2) is 5.75 Å². The third kappa shape index (κ3) is 2.53. The number of aromatic nitrogens is 2. The lowest BCUT2D eigenvalue weighted by Crippen LogP contribution is -1.91. The van der Waals surface area contributed by atoms with Crippen molar-refractivity contribution in [3.63, 3.8) is 0 Å². The zero-order valence-corrected chi connectivity index (χ0v) is 6.70. The smallest absolute Gasteiger partial charge is 0.153 e. The fourth-order valence-corrected chi connectivity index (χ4v) is 0.526. The predicted octanol–water partition coefficient (Wildman–Crippen LogP) is 1.63. The molecule has 1 aromatic rings. The normalized spacial score (nSPS) is 8.30. The maximum Gasteiger partial charge on any atom is 0.153 e. The van der Waals surface area contributed by atoms with Gasteiger partial charge in [0.1, 0.15) is 0 Å². The zero-order chi connectivity index (χ0) is 7.98. The van der Waals surface area contributed by atoms with E-state index in [-0.39, 0.29) is 5.75 Å². The number of rotatable bonds is 1. The van der Waals surface area contributed by atoms with E-state index < -0.39 is 0 Å². The van der Waals surface area contributed by atoms with Crippen LogP contribution in [0.3, 0.4) is 0 Å². The molecule has 0 radical (unpaired) electrons. The fourth-order valence-electron chi connectivity index (χ4n) is 0.526. The first-order chi connectivity index (χ1) is 4.83. The lowest BCUT2D eigenvalue weighted by Gasteiger charge is -1.87. The second-order valence-corrected chi connectivity index (χ2v) is 1.55. The lowest BCUT2D eigenvalue weighted by atomic mass is 10.6. The van der Waals surface area contributed by atoms with Gasteiger partial charge in [0.2, 0.25) is 0 Å². The van der Waals surface area contributed by atoms with Crippen molar-refractivity contribution >= 4 is 0 Å². The molecule has 0 spiro atoms. The SMILES string of the molecule is CC.CCn1cc(O)cn1. The van der Waals surface area contributed by atoms with E-state index in [1.807, 2.05) is 20.8 Å². The molecule has 0 aliphatic carbocycles. The average Bonchev–Trinajstić information content (AvgIpc) is 2.40. The molecule has 0 aliphatic rings. The highest BCUT2D eigenvalue weighted by atomic mass is 16.3. The van der Waals surface area contributed by atoms with Gasteiger partial charge in [0.25, 0.3) is 0 Å². The molecule has 58 valence electrons. The minimum absolute atomic E-state index is 0.229. The summed E-state index contributed by atoms with van der Waals surface area (Å²) in [5.41, 5.74) is 0. The van der Waals surface area contributed by atoms with Gasteiger partial charge in [-0.15, -0.1) is 0 Å². The van der Waals surface area contributed by atoms with Crippen molar-refractivity contribution in [3.8, 4) is 5.75 Å². The summed E-state index contributed by atoms with van der Waals surface area (Å²) in [4.78, 5) is 0. The second-order valence-electron chi connectivity index (χ2n) is 1.55. The average molecular weight is 142 g/mol. The first kappa shape index (κ1) is 9.01. The number of aryl methyl sites for hydroxylation is 1. The summed E-state index contributed by atoms with van der Waals surface area (Å²) in [6.45, 7) is 6.77. The van der Waals surface area contributed by atoms with Crippen LogP contribution in [0.5, 0.6) is 5.75 Å². The summed E-state index contributed by atoms with van der Waals surface area (Å²) in [6.07, 6.45) is 3.00. The molecule has 0 bridgehead atoms. The van der Waals surface area contributed by atoms with Gasteiger partial charge in [-0.2, -0.15) is 5.10 Å². The van der Waals surface area contributed by atoms with Crippen LogP contribution >= 0.6 is 0 Å². The van der Waals surface area contributed by atoms with Gasteiger partial charge in [-0.1, -0.05) is 13.8 Å². The van der Waals surface area contributed by atoms with E-state index in [0.717, 1.165) is 6.54 Å². The molecule has 0 unspecified atom stereocenters. The highest BCUT2D eigenvalue weighted by Crippen LogP contribution is 2.02. The Bertz CT molecular complexity index is 172. The van der Waals surface area contributed by atoms with Crippen LogP contribution in [0.25, 0.3) is 0 Å². The lowest BCUT2D eigenvalue weighted by molar-refractivity contribution is 0.474. The van der Waals surface area contributed by atoms with Crippen LogP contribution in [0.2, 0.25) is 0 Å². The summed E-state index contributed by atoms with van der Waals surface area (Å²) < 4.78 is 1.66. The molecule has 1 aromatic heterocycles. The zero-order valence-electron chi connectivity index (χ0n) is 6.70. The molecule has 0 saturated heterocycles. The molecular formula is C7H14N2O. The largest absolute Gasteiger partial charge is 0.505 e. The van der Waals surface area contributed by atoms with Crippen molar-refractivity contribution in [2.45, 2.75) is 27.3 Å². The van der Waals surface area contributed by atoms with Crippen molar-refractivity contribution in [2.24, 2.45) is 0 Å². The molecule has 0 aromatic carbocycles. The topological polar surface area (TPSA) is 38.0 Å². The van der Waals surface area contributed by atoms with Crippen LogP contribution in [0.1, 0.15) is 20.8 Å². The monoisotopic (exact) mass is 142 g/mol. The highest BCUT2D eigenvalue weighted by molar-refractivity contribution is 5.08. The summed E-state index contributed by atoms with van der Waals surface area (Å²) in [5.74, 6) is 0.229. The van der Waals surface area contributed by atoms with E-state index >= 15 is 0 Å². The van der Waals surface area contributed by atoms with Crippen molar-refractivity contribution < 1.29 is 5.11 Å². The van der Waals surface area contributed by atoms with E-state index in [9.17, 15) is 0 Å². The van der Waals surface area contributed by atoms with Gasteiger partial charge < -0.3 is 5.11 Å². The predicted molar refractivity (Wildman–Crippen MR) is 40.9 cm³/mol. The van der Waals surface area contributed by atoms with E-state index in [2.05, 4.69) is 5.10 Å². The Morgan fingerprint density at radius 3 is 2.40 bits per heavy atom. The van der Waals surface area contributed by atoms with Crippen molar-refractivity contribution in [1.29, 1.82) is 0 Å². The summed E-state index contributed by atoms with van der Waals surface area (Å²) >= 11 is 0.